The molecule has 0 amide bonds. The zero-order chi connectivity index (χ0) is 14.6. The summed E-state index contributed by atoms with van der Waals surface area (Å²) in [5.74, 6) is 0.967. The predicted octanol–water partition coefficient (Wildman–Crippen LogP) is 3.46. The van der Waals surface area contributed by atoms with Gasteiger partial charge in [0.1, 0.15) is 0 Å². The molecule has 1 aromatic rings. The summed E-state index contributed by atoms with van der Waals surface area (Å²) >= 11 is 0. The van der Waals surface area contributed by atoms with E-state index in [1.807, 2.05) is 0 Å². The van der Waals surface area contributed by atoms with Crippen molar-refractivity contribution in [2.45, 2.75) is 52.1 Å². The fourth-order valence-electron chi connectivity index (χ4n) is 2.62. The predicted molar refractivity (Wildman–Crippen MR) is 87.0 cm³/mol. The third-order valence-corrected chi connectivity index (χ3v) is 3.88. The van der Waals surface area contributed by atoms with E-state index in [-0.39, 0.29) is 5.54 Å². The van der Waals surface area contributed by atoms with Crippen LogP contribution in [0, 0.1) is 5.92 Å². The van der Waals surface area contributed by atoms with E-state index in [2.05, 4.69) is 62.3 Å². The van der Waals surface area contributed by atoms with Gasteiger partial charge in [-0.2, -0.15) is 0 Å². The average molecular weight is 274 g/mol. The summed E-state index contributed by atoms with van der Waals surface area (Å²) < 4.78 is 0. The molecule has 1 N–H and O–H groups in total. The van der Waals surface area contributed by atoms with Crippen molar-refractivity contribution in [3.8, 4) is 0 Å². The number of hydrogen-bond donors (Lipinski definition) is 1. The molecule has 0 saturated heterocycles. The van der Waals surface area contributed by atoms with Gasteiger partial charge in [0.05, 0.1) is 0 Å². The van der Waals surface area contributed by atoms with Gasteiger partial charge < -0.3 is 10.2 Å². The highest BCUT2D eigenvalue weighted by atomic mass is 15.1. The van der Waals surface area contributed by atoms with Crippen LogP contribution in [0.1, 0.15) is 44.7 Å². The Morgan fingerprint density at radius 1 is 1.15 bits per heavy atom. The van der Waals surface area contributed by atoms with Crippen LogP contribution < -0.4 is 5.32 Å². The maximum atomic E-state index is 3.58. The van der Waals surface area contributed by atoms with Gasteiger partial charge in [-0.05, 0) is 70.7 Å². The highest BCUT2D eigenvalue weighted by molar-refractivity contribution is 5.27. The van der Waals surface area contributed by atoms with Gasteiger partial charge in [-0.15, -0.1) is 0 Å². The first kappa shape index (κ1) is 15.5. The summed E-state index contributed by atoms with van der Waals surface area (Å²) in [6.45, 7) is 10.1. The molecule has 1 saturated carbocycles. The Morgan fingerprint density at radius 3 is 2.40 bits per heavy atom. The number of hydrogen-bond acceptors (Lipinski definition) is 2. The lowest BCUT2D eigenvalue weighted by molar-refractivity contribution is 0.312. The summed E-state index contributed by atoms with van der Waals surface area (Å²) in [5, 5.41) is 3.58. The molecule has 0 aliphatic heterocycles. The molecule has 2 heteroatoms. The van der Waals surface area contributed by atoms with Crippen molar-refractivity contribution in [1.82, 2.24) is 10.2 Å². The van der Waals surface area contributed by atoms with Crippen LogP contribution in [-0.4, -0.2) is 30.6 Å². The molecular weight excluding hydrogens is 244 g/mol. The molecule has 0 heterocycles. The molecule has 112 valence electrons. The highest BCUT2D eigenvalue weighted by Crippen LogP contribution is 2.29. The molecule has 20 heavy (non-hydrogen) atoms. The van der Waals surface area contributed by atoms with Crippen LogP contribution in [0.2, 0.25) is 0 Å². The molecule has 1 aliphatic carbocycles. The first-order valence-corrected chi connectivity index (χ1v) is 7.94. The van der Waals surface area contributed by atoms with E-state index in [1.54, 1.807) is 0 Å². The Labute approximate surface area is 124 Å². The Hall–Kier alpha value is -0.860. The molecule has 0 unspecified atom stereocenters. The minimum absolute atomic E-state index is 0.206. The topological polar surface area (TPSA) is 15.3 Å². The summed E-state index contributed by atoms with van der Waals surface area (Å²) in [5.41, 5.74) is 3.19. The Morgan fingerprint density at radius 2 is 1.80 bits per heavy atom. The van der Waals surface area contributed by atoms with Crippen LogP contribution in [0.15, 0.2) is 24.3 Å². The summed E-state index contributed by atoms with van der Waals surface area (Å²) in [6.07, 6.45) is 3.98. The van der Waals surface area contributed by atoms with Gasteiger partial charge >= 0.3 is 0 Å². The lowest BCUT2D eigenvalue weighted by Gasteiger charge is -2.22. The maximum absolute atomic E-state index is 3.58. The number of benzene rings is 1. The van der Waals surface area contributed by atoms with E-state index in [0.29, 0.717) is 0 Å². The zero-order valence-corrected chi connectivity index (χ0v) is 13.6. The van der Waals surface area contributed by atoms with Crippen molar-refractivity contribution in [2.24, 2.45) is 5.92 Å². The number of nitrogens with one attached hydrogen (secondary N) is 1. The van der Waals surface area contributed by atoms with Crippen LogP contribution >= 0.6 is 0 Å². The monoisotopic (exact) mass is 274 g/mol. The summed E-state index contributed by atoms with van der Waals surface area (Å²) in [7, 11) is 2.25. The Balaban J connectivity index is 1.87. The van der Waals surface area contributed by atoms with Crippen molar-refractivity contribution in [3.63, 3.8) is 0 Å². The molecule has 0 radical (unpaired) electrons. The van der Waals surface area contributed by atoms with Crippen molar-refractivity contribution in [2.75, 3.05) is 20.1 Å². The van der Waals surface area contributed by atoms with Gasteiger partial charge in [0.2, 0.25) is 0 Å². The number of nitrogens with zero attached hydrogens (tertiary/aromatic N) is 1. The van der Waals surface area contributed by atoms with E-state index in [0.717, 1.165) is 25.4 Å². The Kier molecular flexibility index (Phi) is 5.22. The molecule has 1 aliphatic rings. The van der Waals surface area contributed by atoms with Crippen molar-refractivity contribution >= 4 is 0 Å². The van der Waals surface area contributed by atoms with E-state index >= 15 is 0 Å². The number of rotatable bonds is 7. The van der Waals surface area contributed by atoms with Crippen LogP contribution in [0.5, 0.6) is 0 Å². The van der Waals surface area contributed by atoms with Gasteiger partial charge in [0.15, 0.2) is 0 Å². The molecular formula is C18H30N2. The molecule has 0 atom stereocenters. The van der Waals surface area contributed by atoms with Crippen molar-refractivity contribution in [3.05, 3.63) is 35.4 Å². The highest BCUT2D eigenvalue weighted by Gasteiger charge is 2.22. The van der Waals surface area contributed by atoms with E-state index in [1.165, 1.54) is 30.5 Å². The second-order valence-corrected chi connectivity index (χ2v) is 7.34. The molecule has 0 spiro atoms. The SMILES string of the molecule is CN(Cc1ccccc1CCNC(C)(C)C)CC1CC1. The fourth-order valence-corrected chi connectivity index (χ4v) is 2.62. The summed E-state index contributed by atoms with van der Waals surface area (Å²) in [6, 6.07) is 8.90. The van der Waals surface area contributed by atoms with Gasteiger partial charge in [-0.3, -0.25) is 0 Å². The largest absolute Gasteiger partial charge is 0.312 e. The van der Waals surface area contributed by atoms with Crippen molar-refractivity contribution in [1.29, 1.82) is 0 Å². The molecule has 0 bridgehead atoms. The zero-order valence-electron chi connectivity index (χ0n) is 13.6. The minimum Gasteiger partial charge on any atom is -0.312 e. The third kappa shape index (κ3) is 5.64. The molecule has 2 rings (SSSR count). The lowest BCUT2D eigenvalue weighted by Crippen LogP contribution is -2.37. The molecule has 0 aromatic heterocycles. The molecule has 1 aromatic carbocycles. The van der Waals surface area contributed by atoms with Crippen LogP contribution in [0.4, 0.5) is 0 Å². The van der Waals surface area contributed by atoms with Crippen LogP contribution in [0.25, 0.3) is 0 Å². The van der Waals surface area contributed by atoms with E-state index in [4.69, 9.17) is 0 Å². The first-order valence-electron chi connectivity index (χ1n) is 7.94. The normalized spacial score (nSPS) is 15.8. The fraction of sp³-hybridized carbons (Fsp3) is 0.667. The second kappa shape index (κ2) is 6.73. The lowest BCUT2D eigenvalue weighted by atomic mass is 10.0. The molecule has 2 nitrogen and oxygen atoms in total. The summed E-state index contributed by atoms with van der Waals surface area (Å²) in [4.78, 5) is 2.48. The van der Waals surface area contributed by atoms with Gasteiger partial charge in [0, 0.05) is 18.6 Å². The minimum atomic E-state index is 0.206. The average Bonchev–Trinajstić information content (AvgIpc) is 3.13. The van der Waals surface area contributed by atoms with Gasteiger partial charge in [0.25, 0.3) is 0 Å². The standard InChI is InChI=1S/C18H30N2/c1-18(2,3)19-12-11-16-7-5-6-8-17(16)14-20(4)13-15-9-10-15/h5-8,15,19H,9-14H2,1-4H3. The first-order chi connectivity index (χ1) is 9.44. The third-order valence-electron chi connectivity index (χ3n) is 3.88. The van der Waals surface area contributed by atoms with Crippen LogP contribution in [0.3, 0.4) is 0 Å². The smallest absolute Gasteiger partial charge is 0.0233 e. The van der Waals surface area contributed by atoms with Gasteiger partial charge in [-0.25, -0.2) is 0 Å². The quantitative estimate of drug-likeness (QED) is 0.819. The maximum Gasteiger partial charge on any atom is 0.0233 e. The Bertz CT molecular complexity index is 416. The van der Waals surface area contributed by atoms with Gasteiger partial charge in [-0.1, -0.05) is 24.3 Å². The van der Waals surface area contributed by atoms with Crippen molar-refractivity contribution < 1.29 is 0 Å². The van der Waals surface area contributed by atoms with E-state index in [9.17, 15) is 0 Å². The molecule has 1 fully saturated rings. The second-order valence-electron chi connectivity index (χ2n) is 7.34. The van der Waals surface area contributed by atoms with Crippen LogP contribution in [-0.2, 0) is 13.0 Å². The van der Waals surface area contributed by atoms with E-state index < -0.39 is 0 Å².